The van der Waals surface area contributed by atoms with E-state index in [2.05, 4.69) is 0 Å². The highest BCUT2D eigenvalue weighted by Gasteiger charge is 2.38. The average molecular weight is 200 g/mol. The summed E-state index contributed by atoms with van der Waals surface area (Å²) >= 11 is 0. The summed E-state index contributed by atoms with van der Waals surface area (Å²) in [6, 6.07) is 0. The number of rotatable bonds is 4. The number of aliphatic carboxylic acids is 1. The molecular formula is C10H16O4-2. The lowest BCUT2D eigenvalue weighted by Gasteiger charge is -2.40. The summed E-state index contributed by atoms with van der Waals surface area (Å²) in [5.74, 6) is -1.50. The third kappa shape index (κ3) is 2.25. The minimum absolute atomic E-state index is 0.167. The largest absolute Gasteiger partial charge is 0.827 e. The molecule has 1 unspecified atom stereocenters. The van der Waals surface area contributed by atoms with E-state index >= 15 is 0 Å². The van der Waals surface area contributed by atoms with E-state index < -0.39 is 17.9 Å². The zero-order chi connectivity index (χ0) is 10.8. The summed E-state index contributed by atoms with van der Waals surface area (Å²) in [5, 5.41) is 21.3. The molecule has 0 spiro atoms. The van der Waals surface area contributed by atoms with Crippen molar-refractivity contribution >= 4 is 5.97 Å². The van der Waals surface area contributed by atoms with Crippen LogP contribution in [0.1, 0.15) is 39.5 Å². The van der Waals surface area contributed by atoms with E-state index in [-0.39, 0.29) is 5.92 Å². The molecule has 0 saturated heterocycles. The SMILES string of the molecule is CC(C)C1(OC([O-])C(=O)[O-])CCCC1. The van der Waals surface area contributed by atoms with Crippen molar-refractivity contribution in [3.05, 3.63) is 0 Å². The average Bonchev–Trinajstić information content (AvgIpc) is 2.53. The van der Waals surface area contributed by atoms with Gasteiger partial charge in [-0.15, -0.1) is 0 Å². The first-order valence-corrected chi connectivity index (χ1v) is 5.02. The van der Waals surface area contributed by atoms with Gasteiger partial charge >= 0.3 is 0 Å². The van der Waals surface area contributed by atoms with Crippen LogP contribution in [-0.2, 0) is 9.53 Å². The van der Waals surface area contributed by atoms with Crippen LogP contribution in [0.4, 0.5) is 0 Å². The van der Waals surface area contributed by atoms with E-state index in [9.17, 15) is 15.0 Å². The van der Waals surface area contributed by atoms with Crippen molar-refractivity contribution in [2.24, 2.45) is 5.92 Å². The van der Waals surface area contributed by atoms with Crippen molar-refractivity contribution in [1.82, 2.24) is 0 Å². The Morgan fingerprint density at radius 1 is 1.36 bits per heavy atom. The topological polar surface area (TPSA) is 72.4 Å². The highest BCUT2D eigenvalue weighted by atomic mass is 16.6. The van der Waals surface area contributed by atoms with Crippen molar-refractivity contribution in [1.29, 1.82) is 0 Å². The molecule has 1 saturated carbocycles. The van der Waals surface area contributed by atoms with Gasteiger partial charge < -0.3 is 19.7 Å². The number of hydrogen-bond donors (Lipinski definition) is 0. The molecule has 14 heavy (non-hydrogen) atoms. The van der Waals surface area contributed by atoms with E-state index in [1.165, 1.54) is 0 Å². The fourth-order valence-electron chi connectivity index (χ4n) is 2.07. The predicted molar refractivity (Wildman–Crippen MR) is 45.9 cm³/mol. The molecule has 1 fully saturated rings. The van der Waals surface area contributed by atoms with Crippen molar-refractivity contribution in [2.75, 3.05) is 0 Å². The number of hydrogen-bond acceptors (Lipinski definition) is 4. The maximum absolute atomic E-state index is 11.0. The Labute approximate surface area is 83.9 Å². The highest BCUT2D eigenvalue weighted by Crippen LogP contribution is 2.39. The van der Waals surface area contributed by atoms with Crippen LogP contribution in [0.2, 0.25) is 0 Å². The monoisotopic (exact) mass is 200 g/mol. The molecule has 82 valence electrons. The normalized spacial score (nSPS) is 22.6. The number of carbonyl (C=O) groups is 1. The molecule has 0 aliphatic heterocycles. The lowest BCUT2D eigenvalue weighted by Crippen LogP contribution is -2.52. The first-order chi connectivity index (χ1) is 6.48. The van der Waals surface area contributed by atoms with Crippen LogP contribution >= 0.6 is 0 Å². The Hall–Kier alpha value is -0.610. The van der Waals surface area contributed by atoms with Gasteiger partial charge in [-0.25, -0.2) is 0 Å². The Bertz CT molecular complexity index is 206. The fourth-order valence-corrected chi connectivity index (χ4v) is 2.07. The zero-order valence-corrected chi connectivity index (χ0v) is 8.62. The lowest BCUT2D eigenvalue weighted by atomic mass is 9.88. The quantitative estimate of drug-likeness (QED) is 0.568. The summed E-state index contributed by atoms with van der Waals surface area (Å²) in [7, 11) is 0. The van der Waals surface area contributed by atoms with Gasteiger partial charge in [-0.1, -0.05) is 26.7 Å². The van der Waals surface area contributed by atoms with E-state index in [1.807, 2.05) is 13.8 Å². The molecule has 0 amide bonds. The molecule has 1 atom stereocenters. The Morgan fingerprint density at radius 3 is 2.21 bits per heavy atom. The number of carboxylic acid groups (broad SMARTS) is 1. The minimum Gasteiger partial charge on any atom is -0.827 e. The van der Waals surface area contributed by atoms with E-state index in [0.29, 0.717) is 0 Å². The van der Waals surface area contributed by atoms with Crippen LogP contribution in [0.15, 0.2) is 0 Å². The third-order valence-electron chi connectivity index (χ3n) is 3.04. The van der Waals surface area contributed by atoms with Gasteiger partial charge in [0, 0.05) is 6.29 Å². The molecule has 1 rings (SSSR count). The molecule has 0 heterocycles. The molecular weight excluding hydrogens is 184 g/mol. The second-order valence-corrected chi connectivity index (χ2v) is 4.20. The molecule has 1 aliphatic carbocycles. The van der Waals surface area contributed by atoms with Crippen LogP contribution < -0.4 is 10.2 Å². The van der Waals surface area contributed by atoms with E-state index in [4.69, 9.17) is 4.74 Å². The summed E-state index contributed by atoms with van der Waals surface area (Å²) in [4.78, 5) is 10.3. The van der Waals surface area contributed by atoms with Gasteiger partial charge in [-0.05, 0) is 18.8 Å². The van der Waals surface area contributed by atoms with Crippen LogP contribution in [0.25, 0.3) is 0 Å². The van der Waals surface area contributed by atoms with E-state index in [1.54, 1.807) is 0 Å². The van der Waals surface area contributed by atoms with Crippen LogP contribution in [-0.4, -0.2) is 17.9 Å². The molecule has 0 aromatic carbocycles. The predicted octanol–water partition coefficient (Wildman–Crippen LogP) is -0.592. The number of carbonyl (C=O) groups excluding carboxylic acids is 1. The fraction of sp³-hybridized carbons (Fsp3) is 0.900. The van der Waals surface area contributed by atoms with Gasteiger partial charge in [0.25, 0.3) is 0 Å². The van der Waals surface area contributed by atoms with Gasteiger partial charge in [-0.3, -0.25) is 0 Å². The molecule has 1 aliphatic rings. The first kappa shape index (κ1) is 11.5. The second kappa shape index (κ2) is 4.28. The smallest absolute Gasteiger partial charge is 0.0695 e. The Morgan fingerprint density at radius 2 is 1.86 bits per heavy atom. The first-order valence-electron chi connectivity index (χ1n) is 5.02. The summed E-state index contributed by atoms with van der Waals surface area (Å²) in [6.07, 6.45) is 1.50. The second-order valence-electron chi connectivity index (χ2n) is 4.20. The van der Waals surface area contributed by atoms with Crippen molar-refractivity contribution < 1.29 is 19.7 Å². The Balaban J connectivity index is 2.65. The standard InChI is InChI=1S/C10H17O4/c1-7(2)10(5-3-4-6-10)14-9(13)8(11)12/h7,9H,3-6H2,1-2H3,(H,11,12)/q-1/p-1. The van der Waals surface area contributed by atoms with Crippen molar-refractivity contribution in [2.45, 2.75) is 51.4 Å². The minimum atomic E-state index is -2.05. The molecule has 0 aromatic rings. The maximum atomic E-state index is 11.0. The summed E-state index contributed by atoms with van der Waals surface area (Å²) in [6.45, 7) is 3.90. The number of ether oxygens (including phenoxy) is 1. The van der Waals surface area contributed by atoms with Gasteiger partial charge in [-0.2, -0.15) is 0 Å². The van der Waals surface area contributed by atoms with E-state index in [0.717, 1.165) is 25.7 Å². The van der Waals surface area contributed by atoms with Crippen molar-refractivity contribution in [3.8, 4) is 0 Å². The molecule has 0 radical (unpaired) electrons. The highest BCUT2D eigenvalue weighted by molar-refractivity contribution is 5.67. The number of carboxylic acids is 1. The third-order valence-corrected chi connectivity index (χ3v) is 3.04. The summed E-state index contributed by atoms with van der Waals surface area (Å²) in [5.41, 5.74) is -0.535. The van der Waals surface area contributed by atoms with Gasteiger partial charge in [0.2, 0.25) is 0 Å². The molecule has 0 N–H and O–H groups in total. The van der Waals surface area contributed by atoms with Crippen LogP contribution in [0.3, 0.4) is 0 Å². The van der Waals surface area contributed by atoms with Gasteiger partial charge in [0.1, 0.15) is 0 Å². The zero-order valence-electron chi connectivity index (χ0n) is 8.62. The van der Waals surface area contributed by atoms with Gasteiger partial charge in [0.15, 0.2) is 0 Å². The molecule has 4 nitrogen and oxygen atoms in total. The maximum Gasteiger partial charge on any atom is 0.0695 e. The Kier molecular flexibility index (Phi) is 3.50. The van der Waals surface area contributed by atoms with Gasteiger partial charge in [0.05, 0.1) is 11.6 Å². The van der Waals surface area contributed by atoms with Crippen LogP contribution in [0.5, 0.6) is 0 Å². The van der Waals surface area contributed by atoms with Crippen molar-refractivity contribution in [3.63, 3.8) is 0 Å². The summed E-state index contributed by atoms with van der Waals surface area (Å²) < 4.78 is 5.10. The molecule has 0 aromatic heterocycles. The molecule has 0 bridgehead atoms. The molecule has 4 heteroatoms. The lowest BCUT2D eigenvalue weighted by molar-refractivity contribution is -0.510. The van der Waals surface area contributed by atoms with Crippen LogP contribution in [0, 0.1) is 5.92 Å².